The highest BCUT2D eigenvalue weighted by Crippen LogP contribution is 2.12. The Kier molecular flexibility index (Phi) is 4.03. The normalized spacial score (nSPS) is 9.95. The van der Waals surface area contributed by atoms with E-state index in [0.717, 1.165) is 11.3 Å². The third-order valence-corrected chi connectivity index (χ3v) is 2.76. The maximum Gasteiger partial charge on any atom is 0.251 e. The molecule has 2 rings (SSSR count). The first kappa shape index (κ1) is 13.0. The van der Waals surface area contributed by atoms with Gasteiger partial charge in [0, 0.05) is 17.8 Å². The molecule has 0 heterocycles. The Balaban J connectivity index is 1.98. The van der Waals surface area contributed by atoms with E-state index in [-0.39, 0.29) is 5.91 Å². The summed E-state index contributed by atoms with van der Waals surface area (Å²) < 4.78 is 5.13. The van der Waals surface area contributed by atoms with Crippen LogP contribution in [0.1, 0.15) is 15.9 Å². The zero-order valence-electron chi connectivity index (χ0n) is 10.7. The minimum atomic E-state index is -0.122. The number of nitrogen functional groups attached to an aromatic ring is 1. The predicted octanol–water partition coefficient (Wildman–Crippen LogP) is 2.21. The number of anilines is 1. The van der Waals surface area contributed by atoms with E-state index in [2.05, 4.69) is 5.32 Å². The largest absolute Gasteiger partial charge is 0.497 e. The third-order valence-electron chi connectivity index (χ3n) is 2.76. The van der Waals surface area contributed by atoms with Crippen LogP contribution >= 0.6 is 0 Å². The van der Waals surface area contributed by atoms with Gasteiger partial charge >= 0.3 is 0 Å². The minimum absolute atomic E-state index is 0.122. The number of hydrogen-bond acceptors (Lipinski definition) is 3. The van der Waals surface area contributed by atoms with Crippen molar-refractivity contribution in [1.29, 1.82) is 0 Å². The van der Waals surface area contributed by atoms with Crippen LogP contribution in [-0.2, 0) is 6.54 Å². The van der Waals surface area contributed by atoms with Crippen molar-refractivity contribution in [2.75, 3.05) is 12.8 Å². The Morgan fingerprint density at radius 3 is 2.63 bits per heavy atom. The van der Waals surface area contributed by atoms with Crippen molar-refractivity contribution in [3.63, 3.8) is 0 Å². The van der Waals surface area contributed by atoms with Crippen molar-refractivity contribution in [2.45, 2.75) is 6.54 Å². The van der Waals surface area contributed by atoms with Crippen molar-refractivity contribution < 1.29 is 9.53 Å². The van der Waals surface area contributed by atoms with Crippen LogP contribution in [0.25, 0.3) is 0 Å². The first-order valence-electron chi connectivity index (χ1n) is 5.96. The van der Waals surface area contributed by atoms with Crippen molar-refractivity contribution in [2.24, 2.45) is 0 Å². The molecule has 0 atom stereocenters. The summed E-state index contributed by atoms with van der Waals surface area (Å²) in [6.07, 6.45) is 0. The summed E-state index contributed by atoms with van der Waals surface area (Å²) in [5.74, 6) is 0.655. The van der Waals surface area contributed by atoms with E-state index in [1.807, 2.05) is 24.3 Å². The van der Waals surface area contributed by atoms with Gasteiger partial charge in [-0.1, -0.05) is 12.1 Å². The molecule has 2 aromatic rings. The maximum atomic E-state index is 11.9. The number of nitrogens with two attached hydrogens (primary N) is 1. The quantitative estimate of drug-likeness (QED) is 0.824. The van der Waals surface area contributed by atoms with Gasteiger partial charge in [-0.15, -0.1) is 0 Å². The third kappa shape index (κ3) is 3.48. The maximum absolute atomic E-state index is 11.9. The molecule has 0 aliphatic carbocycles. The Bertz CT molecular complexity index is 565. The predicted molar refractivity (Wildman–Crippen MR) is 75.0 cm³/mol. The van der Waals surface area contributed by atoms with Gasteiger partial charge in [0.15, 0.2) is 0 Å². The van der Waals surface area contributed by atoms with Crippen LogP contribution in [-0.4, -0.2) is 13.0 Å². The molecule has 0 bridgehead atoms. The molecule has 0 aromatic heterocycles. The molecule has 0 spiro atoms. The van der Waals surface area contributed by atoms with E-state index >= 15 is 0 Å². The molecule has 2 aromatic carbocycles. The highest BCUT2D eigenvalue weighted by atomic mass is 16.5. The summed E-state index contributed by atoms with van der Waals surface area (Å²) in [6.45, 7) is 0.459. The number of carbonyl (C=O) groups excluding carboxylic acids is 1. The van der Waals surface area contributed by atoms with Gasteiger partial charge in [0.05, 0.1) is 7.11 Å². The van der Waals surface area contributed by atoms with Crippen molar-refractivity contribution >= 4 is 11.6 Å². The van der Waals surface area contributed by atoms with Crippen LogP contribution in [0, 0.1) is 0 Å². The first-order valence-corrected chi connectivity index (χ1v) is 5.96. The Morgan fingerprint density at radius 2 is 1.95 bits per heavy atom. The lowest BCUT2D eigenvalue weighted by atomic mass is 10.1. The first-order chi connectivity index (χ1) is 9.19. The number of methoxy groups -OCH3 is 1. The molecule has 4 nitrogen and oxygen atoms in total. The van der Waals surface area contributed by atoms with Crippen LogP contribution in [0.2, 0.25) is 0 Å². The van der Waals surface area contributed by atoms with Gasteiger partial charge in [-0.3, -0.25) is 4.79 Å². The standard InChI is InChI=1S/C15H16N2O2/c1-19-14-4-2-3-11(9-14)10-17-15(18)12-5-7-13(16)8-6-12/h2-9H,10,16H2,1H3,(H,17,18). The van der Waals surface area contributed by atoms with Crippen molar-refractivity contribution in [3.05, 3.63) is 59.7 Å². The molecular formula is C15H16N2O2. The van der Waals surface area contributed by atoms with Gasteiger partial charge in [0.2, 0.25) is 0 Å². The fourth-order valence-electron chi connectivity index (χ4n) is 1.70. The van der Waals surface area contributed by atoms with Gasteiger partial charge in [-0.25, -0.2) is 0 Å². The van der Waals surface area contributed by atoms with Crippen molar-refractivity contribution in [3.8, 4) is 5.75 Å². The van der Waals surface area contributed by atoms with E-state index in [4.69, 9.17) is 10.5 Å². The van der Waals surface area contributed by atoms with Crippen LogP contribution < -0.4 is 15.8 Å². The monoisotopic (exact) mass is 256 g/mol. The summed E-state index contributed by atoms with van der Waals surface area (Å²) in [7, 11) is 1.62. The molecule has 0 saturated heterocycles. The zero-order valence-corrected chi connectivity index (χ0v) is 10.7. The smallest absolute Gasteiger partial charge is 0.251 e. The number of ether oxygens (including phenoxy) is 1. The molecule has 0 aliphatic heterocycles. The number of carbonyl (C=O) groups is 1. The van der Waals surface area contributed by atoms with Crippen molar-refractivity contribution in [1.82, 2.24) is 5.32 Å². The van der Waals surface area contributed by atoms with E-state index in [1.54, 1.807) is 31.4 Å². The second kappa shape index (κ2) is 5.91. The topological polar surface area (TPSA) is 64.3 Å². The SMILES string of the molecule is COc1cccc(CNC(=O)c2ccc(N)cc2)c1. The second-order valence-corrected chi connectivity index (χ2v) is 4.16. The molecule has 0 aliphatic rings. The molecule has 0 unspecified atom stereocenters. The molecule has 98 valence electrons. The van der Waals surface area contributed by atoms with Gasteiger partial charge in [0.25, 0.3) is 5.91 Å². The average molecular weight is 256 g/mol. The molecule has 19 heavy (non-hydrogen) atoms. The van der Waals surface area contributed by atoms with E-state index in [9.17, 15) is 4.79 Å². The van der Waals surface area contributed by atoms with Crippen LogP contribution in [0.15, 0.2) is 48.5 Å². The van der Waals surface area contributed by atoms with Gasteiger partial charge in [0.1, 0.15) is 5.75 Å². The molecule has 0 saturated carbocycles. The van der Waals surface area contributed by atoms with Gasteiger partial charge < -0.3 is 15.8 Å². The fourth-order valence-corrected chi connectivity index (χ4v) is 1.70. The lowest BCUT2D eigenvalue weighted by Crippen LogP contribution is -2.22. The molecule has 4 heteroatoms. The highest BCUT2D eigenvalue weighted by molar-refractivity contribution is 5.94. The number of hydrogen-bond donors (Lipinski definition) is 2. The number of rotatable bonds is 4. The van der Waals surface area contributed by atoms with E-state index in [1.165, 1.54) is 0 Å². The van der Waals surface area contributed by atoms with E-state index < -0.39 is 0 Å². The molecule has 1 amide bonds. The molecule has 3 N–H and O–H groups in total. The summed E-state index contributed by atoms with van der Waals surface area (Å²) in [4.78, 5) is 11.9. The zero-order chi connectivity index (χ0) is 13.7. The fraction of sp³-hybridized carbons (Fsp3) is 0.133. The second-order valence-electron chi connectivity index (χ2n) is 4.16. The lowest BCUT2D eigenvalue weighted by molar-refractivity contribution is 0.0951. The van der Waals surface area contributed by atoms with Gasteiger partial charge in [-0.05, 0) is 42.0 Å². The Morgan fingerprint density at radius 1 is 1.21 bits per heavy atom. The Labute approximate surface area is 112 Å². The molecular weight excluding hydrogens is 240 g/mol. The Hall–Kier alpha value is -2.49. The van der Waals surface area contributed by atoms with Crippen LogP contribution in [0.3, 0.4) is 0 Å². The van der Waals surface area contributed by atoms with Gasteiger partial charge in [-0.2, -0.15) is 0 Å². The van der Waals surface area contributed by atoms with E-state index in [0.29, 0.717) is 17.8 Å². The summed E-state index contributed by atoms with van der Waals surface area (Å²) in [5, 5.41) is 2.85. The highest BCUT2D eigenvalue weighted by Gasteiger charge is 2.04. The van der Waals surface area contributed by atoms with Crippen LogP contribution in [0.5, 0.6) is 5.75 Å². The molecule has 0 fully saturated rings. The summed E-state index contributed by atoms with van der Waals surface area (Å²) >= 11 is 0. The lowest BCUT2D eigenvalue weighted by Gasteiger charge is -2.07. The molecule has 0 radical (unpaired) electrons. The number of benzene rings is 2. The summed E-state index contributed by atoms with van der Waals surface area (Å²) in [5.41, 5.74) is 7.80. The number of amides is 1. The minimum Gasteiger partial charge on any atom is -0.497 e. The van der Waals surface area contributed by atoms with Crippen LogP contribution in [0.4, 0.5) is 5.69 Å². The number of nitrogens with one attached hydrogen (secondary N) is 1. The summed E-state index contributed by atoms with van der Waals surface area (Å²) in [6, 6.07) is 14.4. The average Bonchev–Trinajstić information content (AvgIpc) is 2.46.